The fourth-order valence-corrected chi connectivity index (χ4v) is 2.48. The van der Waals surface area contributed by atoms with Crippen molar-refractivity contribution < 1.29 is 27.8 Å². The van der Waals surface area contributed by atoms with Crippen molar-refractivity contribution >= 4 is 29.3 Å². The molecule has 9 heteroatoms. The maximum absolute atomic E-state index is 12.4. The monoisotopic (exact) mass is 408 g/mol. The lowest BCUT2D eigenvalue weighted by atomic mass is 10.1. The lowest BCUT2D eigenvalue weighted by molar-refractivity contribution is -0.112. The van der Waals surface area contributed by atoms with Gasteiger partial charge in [0.15, 0.2) is 11.5 Å². The van der Waals surface area contributed by atoms with E-state index in [-0.39, 0.29) is 17.1 Å². The fraction of sp³-hybridized carbons (Fsp3) is 0.158. The molecule has 0 saturated heterocycles. The highest BCUT2D eigenvalue weighted by atomic mass is 35.5. The Kier molecular flexibility index (Phi) is 7.18. The molecule has 0 aliphatic rings. The Morgan fingerprint density at radius 1 is 1.14 bits per heavy atom. The van der Waals surface area contributed by atoms with Crippen LogP contribution in [0.3, 0.4) is 0 Å². The number of methoxy groups -OCH3 is 2. The van der Waals surface area contributed by atoms with Gasteiger partial charge in [-0.15, -0.1) is 0 Å². The summed E-state index contributed by atoms with van der Waals surface area (Å²) in [5, 5.41) is 12.1. The van der Waals surface area contributed by atoms with E-state index in [4.69, 9.17) is 21.1 Å². The first-order valence-electron chi connectivity index (χ1n) is 7.77. The summed E-state index contributed by atoms with van der Waals surface area (Å²) in [6.45, 7) is -3.01. The predicted octanol–water partition coefficient (Wildman–Crippen LogP) is 4.50. The van der Waals surface area contributed by atoms with Crippen LogP contribution in [0.2, 0.25) is 5.02 Å². The third-order valence-corrected chi connectivity index (χ3v) is 3.78. The molecule has 0 spiro atoms. The molecule has 0 saturated carbocycles. The molecule has 0 unspecified atom stereocenters. The normalized spacial score (nSPS) is 11.0. The van der Waals surface area contributed by atoms with Gasteiger partial charge in [-0.3, -0.25) is 4.79 Å². The standard InChI is InChI=1S/C19H15ClF2N2O4/c1-26-15-6-4-13(9-14(15)20)24-18(25)12(10-23)7-11-3-5-16(28-19(21)22)17(8-11)27-2/h3-9,19H,1-2H3,(H,24,25)/b12-7+. The van der Waals surface area contributed by atoms with Gasteiger partial charge >= 0.3 is 6.61 Å². The van der Waals surface area contributed by atoms with E-state index in [0.29, 0.717) is 22.0 Å². The van der Waals surface area contributed by atoms with Crippen molar-refractivity contribution in [3.05, 3.63) is 52.6 Å². The number of anilines is 1. The number of nitrogens with zero attached hydrogens (tertiary/aromatic N) is 1. The molecular weight excluding hydrogens is 394 g/mol. The number of carbonyl (C=O) groups is 1. The number of hydrogen-bond donors (Lipinski definition) is 1. The highest BCUT2D eigenvalue weighted by molar-refractivity contribution is 6.32. The second kappa shape index (κ2) is 9.58. The first-order valence-corrected chi connectivity index (χ1v) is 8.15. The van der Waals surface area contributed by atoms with Crippen LogP contribution in [0.25, 0.3) is 6.08 Å². The van der Waals surface area contributed by atoms with Crippen molar-refractivity contribution in [1.82, 2.24) is 0 Å². The number of nitriles is 1. The Labute approximate surface area is 164 Å². The van der Waals surface area contributed by atoms with Gasteiger partial charge in [-0.1, -0.05) is 17.7 Å². The highest BCUT2D eigenvalue weighted by Gasteiger charge is 2.14. The maximum Gasteiger partial charge on any atom is 0.387 e. The predicted molar refractivity (Wildman–Crippen MR) is 99.8 cm³/mol. The van der Waals surface area contributed by atoms with Crippen molar-refractivity contribution in [2.75, 3.05) is 19.5 Å². The van der Waals surface area contributed by atoms with E-state index in [9.17, 15) is 18.8 Å². The Hall–Kier alpha value is -3.31. The number of rotatable bonds is 7. The van der Waals surface area contributed by atoms with Gasteiger partial charge in [-0.25, -0.2) is 0 Å². The largest absolute Gasteiger partial charge is 0.495 e. The van der Waals surface area contributed by atoms with Crippen molar-refractivity contribution in [3.8, 4) is 23.3 Å². The third kappa shape index (κ3) is 5.34. The van der Waals surface area contributed by atoms with E-state index in [0.717, 1.165) is 0 Å². The summed E-state index contributed by atoms with van der Waals surface area (Å²) in [5.41, 5.74) is 0.546. The molecule has 0 fully saturated rings. The van der Waals surface area contributed by atoms with Crippen molar-refractivity contribution in [2.24, 2.45) is 0 Å². The van der Waals surface area contributed by atoms with Crippen LogP contribution in [0.4, 0.5) is 14.5 Å². The van der Waals surface area contributed by atoms with Crippen LogP contribution in [0.1, 0.15) is 5.56 Å². The summed E-state index contributed by atoms with van der Waals surface area (Å²) in [7, 11) is 2.74. The Morgan fingerprint density at radius 2 is 1.82 bits per heavy atom. The van der Waals surface area contributed by atoms with Crippen LogP contribution in [-0.4, -0.2) is 26.7 Å². The van der Waals surface area contributed by atoms with Crippen molar-refractivity contribution in [1.29, 1.82) is 5.26 Å². The van der Waals surface area contributed by atoms with E-state index < -0.39 is 12.5 Å². The Balaban J connectivity index is 2.24. The fourth-order valence-electron chi connectivity index (χ4n) is 2.23. The molecule has 146 valence electrons. The van der Waals surface area contributed by atoms with Gasteiger partial charge in [-0.05, 0) is 42.0 Å². The minimum atomic E-state index is -3.01. The number of nitrogens with one attached hydrogen (secondary N) is 1. The number of halogens is 3. The molecule has 1 N–H and O–H groups in total. The molecule has 6 nitrogen and oxygen atoms in total. The van der Waals surface area contributed by atoms with Gasteiger partial charge < -0.3 is 19.5 Å². The van der Waals surface area contributed by atoms with Crippen LogP contribution >= 0.6 is 11.6 Å². The Bertz CT molecular complexity index is 942. The van der Waals surface area contributed by atoms with E-state index in [1.54, 1.807) is 18.2 Å². The molecule has 0 radical (unpaired) electrons. The van der Waals surface area contributed by atoms with Gasteiger partial charge in [0.25, 0.3) is 5.91 Å². The van der Waals surface area contributed by atoms with Crippen LogP contribution < -0.4 is 19.5 Å². The zero-order valence-electron chi connectivity index (χ0n) is 14.8. The van der Waals surface area contributed by atoms with Gasteiger partial charge in [0.1, 0.15) is 17.4 Å². The average Bonchev–Trinajstić information content (AvgIpc) is 2.66. The molecule has 2 rings (SSSR count). The van der Waals surface area contributed by atoms with Gasteiger partial charge in [0.05, 0.1) is 19.2 Å². The average molecular weight is 409 g/mol. The molecular formula is C19H15ClF2N2O4. The number of alkyl halides is 2. The number of amides is 1. The molecule has 0 aliphatic carbocycles. The van der Waals surface area contributed by atoms with Crippen LogP contribution in [0.15, 0.2) is 42.0 Å². The van der Waals surface area contributed by atoms with E-state index in [2.05, 4.69) is 10.1 Å². The lowest BCUT2D eigenvalue weighted by Gasteiger charge is -2.10. The highest BCUT2D eigenvalue weighted by Crippen LogP contribution is 2.30. The van der Waals surface area contributed by atoms with Crippen LogP contribution in [0.5, 0.6) is 17.2 Å². The number of hydrogen-bond acceptors (Lipinski definition) is 5. The van der Waals surface area contributed by atoms with Crippen molar-refractivity contribution in [3.63, 3.8) is 0 Å². The van der Waals surface area contributed by atoms with E-state index in [1.165, 1.54) is 44.6 Å². The molecule has 0 aromatic heterocycles. The molecule has 0 bridgehead atoms. The molecule has 0 atom stereocenters. The summed E-state index contributed by atoms with van der Waals surface area (Å²) in [6, 6.07) is 10.4. The van der Waals surface area contributed by atoms with Gasteiger partial charge in [0.2, 0.25) is 0 Å². The maximum atomic E-state index is 12.4. The van der Waals surface area contributed by atoms with E-state index >= 15 is 0 Å². The Morgan fingerprint density at radius 3 is 2.39 bits per heavy atom. The second-order valence-electron chi connectivity index (χ2n) is 5.26. The smallest absolute Gasteiger partial charge is 0.387 e. The number of ether oxygens (including phenoxy) is 3. The number of benzene rings is 2. The summed E-state index contributed by atoms with van der Waals surface area (Å²) >= 11 is 6.01. The van der Waals surface area contributed by atoms with Gasteiger partial charge in [-0.2, -0.15) is 14.0 Å². The third-order valence-electron chi connectivity index (χ3n) is 3.49. The summed E-state index contributed by atoms with van der Waals surface area (Å²) in [5.74, 6) is -0.358. The quantitative estimate of drug-likeness (QED) is 0.538. The first kappa shape index (κ1) is 21.0. The molecule has 2 aromatic carbocycles. The second-order valence-corrected chi connectivity index (χ2v) is 5.67. The minimum Gasteiger partial charge on any atom is -0.495 e. The molecule has 2 aromatic rings. The van der Waals surface area contributed by atoms with Crippen LogP contribution in [0, 0.1) is 11.3 Å². The van der Waals surface area contributed by atoms with Crippen molar-refractivity contribution in [2.45, 2.75) is 6.61 Å². The molecule has 1 amide bonds. The van der Waals surface area contributed by atoms with E-state index in [1.807, 2.05) is 0 Å². The molecule has 0 heterocycles. The van der Waals surface area contributed by atoms with Gasteiger partial charge in [0, 0.05) is 5.69 Å². The van der Waals surface area contributed by atoms with Crippen LogP contribution in [-0.2, 0) is 4.79 Å². The SMILES string of the molecule is COc1ccc(NC(=O)/C(C#N)=C/c2ccc(OC(F)F)c(OC)c2)cc1Cl. The number of carbonyl (C=O) groups excluding carboxylic acids is 1. The molecule has 0 aliphatic heterocycles. The summed E-state index contributed by atoms with van der Waals surface area (Å²) in [6.07, 6.45) is 1.29. The zero-order valence-corrected chi connectivity index (χ0v) is 15.6. The summed E-state index contributed by atoms with van der Waals surface area (Å²) in [4.78, 5) is 12.3. The lowest BCUT2D eigenvalue weighted by Crippen LogP contribution is -2.13. The zero-order chi connectivity index (χ0) is 20.7. The first-order chi connectivity index (χ1) is 13.4. The minimum absolute atomic E-state index is 0.0358. The molecule has 28 heavy (non-hydrogen) atoms. The summed E-state index contributed by atoms with van der Waals surface area (Å²) < 4.78 is 39.1. The topological polar surface area (TPSA) is 80.6 Å².